The summed E-state index contributed by atoms with van der Waals surface area (Å²) in [6.45, 7) is 0.759. The van der Waals surface area contributed by atoms with Gasteiger partial charge in [0.05, 0.1) is 19.3 Å². The first kappa shape index (κ1) is 12.5. The standard InChI is InChI=1S/C14H16N4O2/c1-20-12-5-3-2-4-9(12)11-6-7-16-14-10(13(15)19)8-17-18(11)14/h2-5,8,11,16H,6-7H2,1H3,(H2,15,19). The molecule has 0 spiro atoms. The third-order valence-corrected chi connectivity index (χ3v) is 3.56. The molecular formula is C14H16N4O2. The lowest BCUT2D eigenvalue weighted by atomic mass is 10.0. The number of carbonyl (C=O) groups is 1. The summed E-state index contributed by atoms with van der Waals surface area (Å²) >= 11 is 0. The number of hydrogen-bond acceptors (Lipinski definition) is 4. The average molecular weight is 272 g/mol. The van der Waals surface area contributed by atoms with Gasteiger partial charge in [-0.25, -0.2) is 4.68 Å². The van der Waals surface area contributed by atoms with Gasteiger partial charge in [-0.05, 0) is 12.5 Å². The number of carbonyl (C=O) groups excluding carboxylic acids is 1. The number of ether oxygens (including phenoxy) is 1. The van der Waals surface area contributed by atoms with E-state index in [1.807, 2.05) is 24.3 Å². The number of primary amides is 1. The Kier molecular flexibility index (Phi) is 3.06. The Hall–Kier alpha value is -2.50. The van der Waals surface area contributed by atoms with Crippen LogP contribution in [0, 0.1) is 0 Å². The second-order valence-electron chi connectivity index (χ2n) is 4.69. The molecule has 6 heteroatoms. The van der Waals surface area contributed by atoms with Crippen molar-refractivity contribution in [3.63, 3.8) is 0 Å². The van der Waals surface area contributed by atoms with Gasteiger partial charge in [0.1, 0.15) is 17.1 Å². The molecule has 0 radical (unpaired) electrons. The van der Waals surface area contributed by atoms with Crippen LogP contribution in [0.15, 0.2) is 30.5 Å². The van der Waals surface area contributed by atoms with E-state index in [4.69, 9.17) is 10.5 Å². The normalized spacial score (nSPS) is 17.1. The zero-order valence-electron chi connectivity index (χ0n) is 11.2. The summed E-state index contributed by atoms with van der Waals surface area (Å²) in [5, 5.41) is 7.50. The number of nitrogens with zero attached hydrogens (tertiary/aromatic N) is 2. The molecule has 0 aliphatic carbocycles. The fraction of sp³-hybridized carbons (Fsp3) is 0.286. The number of nitrogens with one attached hydrogen (secondary N) is 1. The van der Waals surface area contributed by atoms with E-state index >= 15 is 0 Å². The monoisotopic (exact) mass is 272 g/mol. The van der Waals surface area contributed by atoms with Crippen LogP contribution >= 0.6 is 0 Å². The molecule has 3 rings (SSSR count). The summed E-state index contributed by atoms with van der Waals surface area (Å²) < 4.78 is 7.22. The van der Waals surface area contributed by atoms with E-state index < -0.39 is 5.91 Å². The van der Waals surface area contributed by atoms with Gasteiger partial charge in [0.2, 0.25) is 0 Å². The van der Waals surface area contributed by atoms with Crippen LogP contribution in [0.5, 0.6) is 5.75 Å². The molecule has 20 heavy (non-hydrogen) atoms. The van der Waals surface area contributed by atoms with Crippen molar-refractivity contribution >= 4 is 11.7 Å². The molecule has 0 saturated heterocycles. The Bertz CT molecular complexity index is 650. The molecule has 1 aliphatic rings. The zero-order chi connectivity index (χ0) is 14.1. The van der Waals surface area contributed by atoms with Gasteiger partial charge in [0.15, 0.2) is 0 Å². The highest BCUT2D eigenvalue weighted by Crippen LogP contribution is 2.35. The second kappa shape index (κ2) is 4.88. The maximum Gasteiger partial charge on any atom is 0.254 e. The molecule has 1 aromatic carbocycles. The number of amides is 1. The molecule has 1 atom stereocenters. The first-order chi connectivity index (χ1) is 9.72. The predicted octanol–water partition coefficient (Wildman–Crippen LogP) is 1.40. The molecule has 3 N–H and O–H groups in total. The largest absolute Gasteiger partial charge is 0.496 e. The molecule has 2 aromatic rings. The molecule has 0 bridgehead atoms. The van der Waals surface area contributed by atoms with Gasteiger partial charge >= 0.3 is 0 Å². The van der Waals surface area contributed by atoms with E-state index in [9.17, 15) is 4.79 Å². The van der Waals surface area contributed by atoms with Crippen LogP contribution in [0.25, 0.3) is 0 Å². The van der Waals surface area contributed by atoms with Gasteiger partial charge < -0.3 is 15.8 Å². The Morgan fingerprint density at radius 1 is 1.50 bits per heavy atom. The van der Waals surface area contributed by atoms with Gasteiger partial charge in [-0.3, -0.25) is 4.79 Å². The van der Waals surface area contributed by atoms with E-state index in [0.717, 1.165) is 24.3 Å². The zero-order valence-corrected chi connectivity index (χ0v) is 11.2. The minimum absolute atomic E-state index is 0.0375. The number of fused-ring (bicyclic) bond motifs is 1. The lowest BCUT2D eigenvalue weighted by molar-refractivity contribution is 0.100. The molecule has 0 fully saturated rings. The van der Waals surface area contributed by atoms with Crippen LogP contribution in [0.1, 0.15) is 28.4 Å². The fourth-order valence-electron chi connectivity index (χ4n) is 2.63. The van der Waals surface area contributed by atoms with E-state index in [-0.39, 0.29) is 6.04 Å². The lowest BCUT2D eigenvalue weighted by Crippen LogP contribution is -2.26. The Balaban J connectivity index is 2.08. The van der Waals surface area contributed by atoms with Crippen LogP contribution in [-0.4, -0.2) is 29.3 Å². The topological polar surface area (TPSA) is 82.2 Å². The summed E-state index contributed by atoms with van der Waals surface area (Å²) in [5.74, 6) is 1.03. The highest BCUT2D eigenvalue weighted by atomic mass is 16.5. The Morgan fingerprint density at radius 3 is 3.05 bits per heavy atom. The lowest BCUT2D eigenvalue weighted by Gasteiger charge is -2.27. The van der Waals surface area contributed by atoms with Crippen molar-refractivity contribution in [1.29, 1.82) is 0 Å². The minimum atomic E-state index is -0.473. The number of methoxy groups -OCH3 is 1. The number of para-hydroxylation sites is 1. The smallest absolute Gasteiger partial charge is 0.254 e. The van der Waals surface area contributed by atoms with Crippen molar-refractivity contribution in [3.8, 4) is 5.75 Å². The predicted molar refractivity (Wildman–Crippen MR) is 75.0 cm³/mol. The van der Waals surface area contributed by atoms with Crippen LogP contribution < -0.4 is 15.8 Å². The Morgan fingerprint density at radius 2 is 2.30 bits per heavy atom. The van der Waals surface area contributed by atoms with Crippen molar-refractivity contribution < 1.29 is 9.53 Å². The summed E-state index contributed by atoms with van der Waals surface area (Å²) in [4.78, 5) is 11.4. The summed E-state index contributed by atoms with van der Waals surface area (Å²) in [6.07, 6.45) is 2.38. The van der Waals surface area contributed by atoms with Gasteiger partial charge in [-0.15, -0.1) is 0 Å². The van der Waals surface area contributed by atoms with Crippen LogP contribution in [0.4, 0.5) is 5.82 Å². The van der Waals surface area contributed by atoms with Crippen LogP contribution in [0.2, 0.25) is 0 Å². The Labute approximate surface area is 116 Å². The molecule has 1 aliphatic heterocycles. The molecule has 6 nitrogen and oxygen atoms in total. The van der Waals surface area contributed by atoms with Crippen molar-refractivity contribution in [2.24, 2.45) is 5.73 Å². The van der Waals surface area contributed by atoms with Crippen molar-refractivity contribution in [2.75, 3.05) is 19.0 Å². The number of rotatable bonds is 3. The number of nitrogens with two attached hydrogens (primary N) is 1. The van der Waals surface area contributed by atoms with Gasteiger partial charge in [-0.1, -0.05) is 18.2 Å². The molecule has 2 heterocycles. The van der Waals surface area contributed by atoms with E-state index in [1.165, 1.54) is 6.20 Å². The third-order valence-electron chi connectivity index (χ3n) is 3.56. The molecule has 1 aromatic heterocycles. The maximum absolute atomic E-state index is 11.4. The van der Waals surface area contributed by atoms with Gasteiger partial charge in [0, 0.05) is 12.1 Å². The van der Waals surface area contributed by atoms with Gasteiger partial charge in [0.25, 0.3) is 5.91 Å². The second-order valence-corrected chi connectivity index (χ2v) is 4.69. The first-order valence-electron chi connectivity index (χ1n) is 6.46. The van der Waals surface area contributed by atoms with E-state index in [0.29, 0.717) is 11.4 Å². The number of aromatic nitrogens is 2. The number of benzene rings is 1. The first-order valence-corrected chi connectivity index (χ1v) is 6.46. The van der Waals surface area contributed by atoms with Gasteiger partial charge in [-0.2, -0.15) is 5.10 Å². The molecule has 0 saturated carbocycles. The molecule has 1 unspecified atom stereocenters. The average Bonchev–Trinajstić information content (AvgIpc) is 2.91. The maximum atomic E-state index is 11.4. The highest BCUT2D eigenvalue weighted by molar-refractivity contribution is 5.97. The number of hydrogen-bond donors (Lipinski definition) is 2. The van der Waals surface area contributed by atoms with Crippen LogP contribution in [0.3, 0.4) is 0 Å². The quantitative estimate of drug-likeness (QED) is 0.884. The SMILES string of the molecule is COc1ccccc1C1CCNc2c(C(N)=O)cnn21. The fourth-order valence-corrected chi connectivity index (χ4v) is 2.63. The van der Waals surface area contributed by atoms with Crippen molar-refractivity contribution in [1.82, 2.24) is 9.78 Å². The summed E-state index contributed by atoms with van der Waals surface area (Å²) in [7, 11) is 1.65. The van der Waals surface area contributed by atoms with E-state index in [1.54, 1.807) is 11.8 Å². The molecule has 104 valence electrons. The molecule has 1 amide bonds. The van der Waals surface area contributed by atoms with Crippen LogP contribution in [-0.2, 0) is 0 Å². The highest BCUT2D eigenvalue weighted by Gasteiger charge is 2.27. The third kappa shape index (κ3) is 1.89. The summed E-state index contributed by atoms with van der Waals surface area (Å²) in [5.41, 5.74) is 6.84. The number of anilines is 1. The minimum Gasteiger partial charge on any atom is -0.496 e. The van der Waals surface area contributed by atoms with Crippen molar-refractivity contribution in [3.05, 3.63) is 41.6 Å². The molecular weight excluding hydrogens is 256 g/mol. The summed E-state index contributed by atoms with van der Waals surface area (Å²) in [6, 6.07) is 7.88. The van der Waals surface area contributed by atoms with Crippen molar-refractivity contribution in [2.45, 2.75) is 12.5 Å². The van der Waals surface area contributed by atoms with E-state index in [2.05, 4.69) is 10.4 Å².